The summed E-state index contributed by atoms with van der Waals surface area (Å²) in [6.07, 6.45) is 5.86. The second kappa shape index (κ2) is 6.15. The molecule has 2 aromatic heterocycles. The Morgan fingerprint density at radius 2 is 2.32 bits per heavy atom. The van der Waals surface area contributed by atoms with Gasteiger partial charge in [0, 0.05) is 31.4 Å². The van der Waals surface area contributed by atoms with Crippen molar-refractivity contribution in [2.75, 3.05) is 12.3 Å². The van der Waals surface area contributed by atoms with Crippen LogP contribution in [0.15, 0.2) is 35.2 Å². The van der Waals surface area contributed by atoms with Crippen LogP contribution >= 0.6 is 0 Å². The predicted octanol–water partition coefficient (Wildman–Crippen LogP) is 1.38. The summed E-state index contributed by atoms with van der Waals surface area (Å²) in [6, 6.07) is 3.40. The molecule has 0 spiro atoms. The average molecular weight is 302 g/mol. The van der Waals surface area contributed by atoms with Crippen molar-refractivity contribution in [1.82, 2.24) is 14.9 Å². The first-order valence-electron chi connectivity index (χ1n) is 7.25. The Morgan fingerprint density at radius 1 is 1.50 bits per heavy atom. The quantitative estimate of drug-likeness (QED) is 0.884. The number of furan rings is 1. The topological polar surface area (TPSA) is 105 Å². The summed E-state index contributed by atoms with van der Waals surface area (Å²) in [4.78, 5) is 22.2. The monoisotopic (exact) mass is 302 g/mol. The number of hydrogen-bond acceptors (Lipinski definition) is 6. The third-order valence-electron chi connectivity index (χ3n) is 3.93. The molecule has 0 radical (unpaired) electrons. The summed E-state index contributed by atoms with van der Waals surface area (Å²) < 4.78 is 5.21. The van der Waals surface area contributed by atoms with Gasteiger partial charge < -0.3 is 20.2 Å². The molecule has 2 atom stereocenters. The van der Waals surface area contributed by atoms with E-state index in [4.69, 9.17) is 10.2 Å². The molecular formula is C15H18N4O3. The fourth-order valence-corrected chi connectivity index (χ4v) is 2.85. The number of nitrogens with two attached hydrogens (primary N) is 1. The zero-order valence-corrected chi connectivity index (χ0v) is 12.1. The van der Waals surface area contributed by atoms with Crippen molar-refractivity contribution >= 4 is 11.7 Å². The van der Waals surface area contributed by atoms with Gasteiger partial charge in [-0.3, -0.25) is 4.79 Å². The lowest BCUT2D eigenvalue weighted by Crippen LogP contribution is -2.37. The van der Waals surface area contributed by atoms with Crippen LogP contribution in [0.3, 0.4) is 0 Å². The second-order valence-corrected chi connectivity index (χ2v) is 5.35. The molecule has 3 rings (SSSR count). The van der Waals surface area contributed by atoms with Crippen molar-refractivity contribution in [3.05, 3.63) is 42.2 Å². The zero-order chi connectivity index (χ0) is 15.5. The Hall–Kier alpha value is -2.41. The summed E-state index contributed by atoms with van der Waals surface area (Å²) >= 11 is 0. The highest BCUT2D eigenvalue weighted by Gasteiger charge is 2.33. The molecule has 0 saturated carbocycles. The fourth-order valence-electron chi connectivity index (χ4n) is 2.85. The molecule has 1 aliphatic rings. The van der Waals surface area contributed by atoms with E-state index in [1.165, 1.54) is 18.7 Å². The van der Waals surface area contributed by atoms with E-state index in [2.05, 4.69) is 9.97 Å². The van der Waals surface area contributed by atoms with E-state index < -0.39 is 6.10 Å². The number of nitrogen functional groups attached to an aromatic ring is 1. The maximum Gasteiger partial charge on any atom is 0.276 e. The molecule has 116 valence electrons. The van der Waals surface area contributed by atoms with E-state index in [-0.39, 0.29) is 23.5 Å². The van der Waals surface area contributed by atoms with Crippen LogP contribution in [0, 0.1) is 0 Å². The SMILES string of the molecule is Nc1nccnc1C(=O)N1CCCC1CC(O)c1ccco1. The van der Waals surface area contributed by atoms with Crippen molar-refractivity contribution in [1.29, 1.82) is 0 Å². The molecule has 1 amide bonds. The molecule has 3 N–H and O–H groups in total. The van der Waals surface area contributed by atoms with Crippen LogP contribution in [0.4, 0.5) is 5.82 Å². The first-order valence-corrected chi connectivity index (χ1v) is 7.25. The van der Waals surface area contributed by atoms with E-state index in [1.54, 1.807) is 17.0 Å². The molecule has 1 aliphatic heterocycles. The van der Waals surface area contributed by atoms with Gasteiger partial charge in [-0.05, 0) is 25.0 Å². The van der Waals surface area contributed by atoms with Crippen LogP contribution in [0.5, 0.6) is 0 Å². The third kappa shape index (κ3) is 2.80. The van der Waals surface area contributed by atoms with Gasteiger partial charge in [0.1, 0.15) is 11.9 Å². The number of carbonyl (C=O) groups excluding carboxylic acids is 1. The Balaban J connectivity index is 1.73. The van der Waals surface area contributed by atoms with Crippen LogP contribution in [0.1, 0.15) is 41.6 Å². The first kappa shape index (κ1) is 14.5. The molecule has 7 heteroatoms. The first-order chi connectivity index (χ1) is 10.7. The van der Waals surface area contributed by atoms with Gasteiger partial charge in [-0.2, -0.15) is 0 Å². The number of anilines is 1. The number of rotatable bonds is 4. The normalized spacial score (nSPS) is 19.3. The minimum atomic E-state index is -0.729. The van der Waals surface area contributed by atoms with E-state index in [1.807, 2.05) is 0 Å². The number of amides is 1. The number of nitrogens with zero attached hydrogens (tertiary/aromatic N) is 3. The predicted molar refractivity (Wildman–Crippen MR) is 78.8 cm³/mol. The van der Waals surface area contributed by atoms with Crippen LogP contribution in [0.2, 0.25) is 0 Å². The average Bonchev–Trinajstić information content (AvgIpc) is 3.18. The summed E-state index contributed by atoms with van der Waals surface area (Å²) in [5.41, 5.74) is 5.90. The molecule has 0 aromatic carbocycles. The number of likely N-dealkylation sites (tertiary alicyclic amines) is 1. The molecular weight excluding hydrogens is 284 g/mol. The van der Waals surface area contributed by atoms with Gasteiger partial charge in [0.15, 0.2) is 11.5 Å². The number of hydrogen-bond donors (Lipinski definition) is 2. The lowest BCUT2D eigenvalue weighted by molar-refractivity contribution is 0.0637. The number of aliphatic hydroxyl groups excluding tert-OH is 1. The van der Waals surface area contributed by atoms with Gasteiger partial charge in [0.2, 0.25) is 0 Å². The Bertz CT molecular complexity index is 644. The summed E-state index contributed by atoms with van der Waals surface area (Å²) in [5, 5.41) is 10.2. The highest BCUT2D eigenvalue weighted by atomic mass is 16.4. The van der Waals surface area contributed by atoms with Crippen molar-refractivity contribution in [2.24, 2.45) is 0 Å². The van der Waals surface area contributed by atoms with Gasteiger partial charge >= 0.3 is 0 Å². The minimum absolute atomic E-state index is 0.0611. The van der Waals surface area contributed by atoms with Crippen LogP contribution in [-0.2, 0) is 0 Å². The van der Waals surface area contributed by atoms with Gasteiger partial charge in [0.25, 0.3) is 5.91 Å². The maximum atomic E-state index is 12.6. The minimum Gasteiger partial charge on any atom is -0.467 e. The molecule has 1 saturated heterocycles. The van der Waals surface area contributed by atoms with Crippen LogP contribution in [-0.4, -0.2) is 38.5 Å². The number of aromatic nitrogens is 2. The van der Waals surface area contributed by atoms with Crippen molar-refractivity contribution in [2.45, 2.75) is 31.4 Å². The van der Waals surface area contributed by atoms with Crippen molar-refractivity contribution in [3.8, 4) is 0 Å². The standard InChI is InChI=1S/C15H18N4O3/c16-14-13(17-5-6-18-14)15(21)19-7-1-3-10(19)9-11(20)12-4-2-8-22-12/h2,4-6,8,10-11,20H,1,3,7,9H2,(H2,16,18). The van der Waals surface area contributed by atoms with Gasteiger partial charge in [-0.15, -0.1) is 0 Å². The van der Waals surface area contributed by atoms with E-state index in [0.29, 0.717) is 18.7 Å². The van der Waals surface area contributed by atoms with Crippen LogP contribution < -0.4 is 5.73 Å². The van der Waals surface area contributed by atoms with Crippen molar-refractivity contribution in [3.63, 3.8) is 0 Å². The molecule has 1 fully saturated rings. The van der Waals surface area contributed by atoms with Crippen LogP contribution in [0.25, 0.3) is 0 Å². The molecule has 3 heterocycles. The molecule has 22 heavy (non-hydrogen) atoms. The molecule has 2 aromatic rings. The largest absolute Gasteiger partial charge is 0.467 e. The van der Waals surface area contributed by atoms with Gasteiger partial charge in [0.05, 0.1) is 6.26 Å². The Kier molecular flexibility index (Phi) is 4.06. The summed E-state index contributed by atoms with van der Waals surface area (Å²) in [5.74, 6) is 0.405. The van der Waals surface area contributed by atoms with Crippen molar-refractivity contribution < 1.29 is 14.3 Å². The van der Waals surface area contributed by atoms with E-state index >= 15 is 0 Å². The molecule has 2 unspecified atom stereocenters. The zero-order valence-electron chi connectivity index (χ0n) is 12.1. The second-order valence-electron chi connectivity index (χ2n) is 5.35. The van der Waals surface area contributed by atoms with E-state index in [0.717, 1.165) is 12.8 Å². The maximum absolute atomic E-state index is 12.6. The van der Waals surface area contributed by atoms with Gasteiger partial charge in [-0.1, -0.05) is 0 Å². The molecule has 0 aliphatic carbocycles. The lowest BCUT2D eigenvalue weighted by Gasteiger charge is -2.26. The summed E-state index contributed by atoms with van der Waals surface area (Å²) in [6.45, 7) is 0.629. The van der Waals surface area contributed by atoms with E-state index in [9.17, 15) is 9.90 Å². The Morgan fingerprint density at radius 3 is 3.05 bits per heavy atom. The number of aliphatic hydroxyl groups is 1. The van der Waals surface area contributed by atoms with Gasteiger partial charge in [-0.25, -0.2) is 9.97 Å². The molecule has 7 nitrogen and oxygen atoms in total. The Labute approximate surface area is 127 Å². The fraction of sp³-hybridized carbons (Fsp3) is 0.400. The highest BCUT2D eigenvalue weighted by Crippen LogP contribution is 2.29. The number of carbonyl (C=O) groups is 1. The summed E-state index contributed by atoms with van der Waals surface area (Å²) in [7, 11) is 0. The third-order valence-corrected chi connectivity index (χ3v) is 3.93. The highest BCUT2D eigenvalue weighted by molar-refractivity contribution is 5.96. The molecule has 0 bridgehead atoms. The smallest absolute Gasteiger partial charge is 0.276 e. The lowest BCUT2D eigenvalue weighted by atomic mass is 10.0.